The molecule has 0 heterocycles. The van der Waals surface area contributed by atoms with Crippen LogP contribution in [-0.2, 0) is 20.2 Å². The fraction of sp³-hybridized carbons (Fsp3) is 0.205. The number of thioether (sulfide) groups is 2. The SMILES string of the molecule is CSc1c(C)cc(C)c(N=C2C=CC(=C(c3ccc(Nc4c(C)cc(C)c(SC)c4C)cc3)c3ccc(S(=O)(=O)O)cc3S(=O)(=O)O)C=C2)c1C. The van der Waals surface area contributed by atoms with E-state index in [-0.39, 0.29) is 5.56 Å². The molecule has 0 atom stereocenters. The zero-order chi connectivity index (χ0) is 37.4. The molecule has 0 bridgehead atoms. The first kappa shape index (κ1) is 38.3. The lowest BCUT2D eigenvalue weighted by Crippen LogP contribution is -2.08. The molecule has 0 unspecified atom stereocenters. The van der Waals surface area contributed by atoms with E-state index in [2.05, 4.69) is 58.3 Å². The van der Waals surface area contributed by atoms with Crippen molar-refractivity contribution >= 4 is 72.1 Å². The number of hydrogen-bond donors (Lipinski definition) is 3. The van der Waals surface area contributed by atoms with Gasteiger partial charge in [-0.1, -0.05) is 42.5 Å². The van der Waals surface area contributed by atoms with Gasteiger partial charge in [0.15, 0.2) is 0 Å². The Kier molecular flexibility index (Phi) is 11.3. The van der Waals surface area contributed by atoms with Crippen molar-refractivity contribution in [2.24, 2.45) is 4.99 Å². The quantitative estimate of drug-likeness (QED) is 0.113. The van der Waals surface area contributed by atoms with Crippen LogP contribution in [0.25, 0.3) is 5.57 Å². The van der Waals surface area contributed by atoms with Crippen molar-refractivity contribution in [2.75, 3.05) is 17.8 Å². The molecule has 0 radical (unpaired) electrons. The van der Waals surface area contributed by atoms with Gasteiger partial charge in [0.1, 0.15) is 4.90 Å². The Balaban J connectivity index is 1.66. The van der Waals surface area contributed by atoms with Gasteiger partial charge in [-0.2, -0.15) is 16.8 Å². The van der Waals surface area contributed by atoms with Crippen molar-refractivity contribution in [3.05, 3.63) is 129 Å². The molecule has 51 heavy (non-hydrogen) atoms. The molecule has 4 aromatic carbocycles. The summed E-state index contributed by atoms with van der Waals surface area (Å²) in [5, 5.41) is 3.53. The number of allylic oxidation sites excluding steroid dienone is 5. The van der Waals surface area contributed by atoms with Crippen molar-refractivity contribution in [3.63, 3.8) is 0 Å². The van der Waals surface area contributed by atoms with Crippen molar-refractivity contribution in [3.8, 4) is 0 Å². The number of aliphatic imine (C=N–C) groups is 1. The molecule has 0 aliphatic heterocycles. The van der Waals surface area contributed by atoms with Crippen LogP contribution in [0.4, 0.5) is 17.1 Å². The van der Waals surface area contributed by atoms with E-state index in [4.69, 9.17) is 4.99 Å². The number of hydrogen-bond acceptors (Lipinski definition) is 8. The fourth-order valence-electron chi connectivity index (χ4n) is 6.57. The second-order valence-corrected chi connectivity index (χ2v) is 16.8. The van der Waals surface area contributed by atoms with E-state index in [1.807, 2.05) is 61.7 Å². The monoisotopic (exact) mass is 760 g/mol. The van der Waals surface area contributed by atoms with Crippen LogP contribution in [0, 0.1) is 41.5 Å². The molecule has 4 aromatic rings. The lowest BCUT2D eigenvalue weighted by Gasteiger charge is -2.19. The van der Waals surface area contributed by atoms with Crippen LogP contribution in [0.3, 0.4) is 0 Å². The van der Waals surface area contributed by atoms with Crippen LogP contribution in [0.2, 0.25) is 0 Å². The van der Waals surface area contributed by atoms with E-state index >= 15 is 0 Å². The van der Waals surface area contributed by atoms with Gasteiger partial charge in [0.05, 0.1) is 16.3 Å². The molecule has 5 rings (SSSR count). The van der Waals surface area contributed by atoms with E-state index in [0.717, 1.165) is 51.4 Å². The second-order valence-electron chi connectivity index (χ2n) is 12.4. The van der Waals surface area contributed by atoms with Gasteiger partial charge in [-0.25, -0.2) is 4.99 Å². The summed E-state index contributed by atoms with van der Waals surface area (Å²) in [7, 11) is -9.71. The van der Waals surface area contributed by atoms with Gasteiger partial charge in [0.25, 0.3) is 20.2 Å². The highest BCUT2D eigenvalue weighted by molar-refractivity contribution is 7.99. The average Bonchev–Trinajstić information content (AvgIpc) is 3.06. The lowest BCUT2D eigenvalue weighted by molar-refractivity contribution is 0.481. The number of rotatable bonds is 9. The van der Waals surface area contributed by atoms with Crippen LogP contribution < -0.4 is 5.32 Å². The third-order valence-electron chi connectivity index (χ3n) is 8.81. The number of anilines is 2. The number of nitrogens with one attached hydrogen (secondary N) is 1. The van der Waals surface area contributed by atoms with E-state index in [1.54, 1.807) is 23.5 Å². The third-order valence-corrected chi connectivity index (χ3v) is 12.6. The zero-order valence-corrected chi connectivity index (χ0v) is 32.9. The van der Waals surface area contributed by atoms with E-state index in [0.29, 0.717) is 22.4 Å². The Morgan fingerprint density at radius 1 is 0.667 bits per heavy atom. The smallest absolute Gasteiger partial charge is 0.295 e. The summed E-state index contributed by atoms with van der Waals surface area (Å²) >= 11 is 3.37. The molecule has 3 N–H and O–H groups in total. The van der Waals surface area contributed by atoms with E-state index < -0.39 is 30.0 Å². The topological polar surface area (TPSA) is 133 Å². The summed E-state index contributed by atoms with van der Waals surface area (Å²) in [6.45, 7) is 12.4. The summed E-state index contributed by atoms with van der Waals surface area (Å²) in [6, 6.07) is 14.8. The van der Waals surface area contributed by atoms with Crippen LogP contribution in [0.5, 0.6) is 0 Å². The zero-order valence-electron chi connectivity index (χ0n) is 29.6. The number of aryl methyl sites for hydroxylation is 4. The Morgan fingerprint density at radius 3 is 1.78 bits per heavy atom. The van der Waals surface area contributed by atoms with Gasteiger partial charge in [0, 0.05) is 26.7 Å². The van der Waals surface area contributed by atoms with Crippen LogP contribution >= 0.6 is 23.5 Å². The maximum absolute atomic E-state index is 12.7. The van der Waals surface area contributed by atoms with Crippen LogP contribution in [0.15, 0.2) is 109 Å². The Labute approximate surface area is 309 Å². The van der Waals surface area contributed by atoms with Gasteiger partial charge < -0.3 is 5.32 Å². The van der Waals surface area contributed by atoms with Crippen molar-refractivity contribution in [1.82, 2.24) is 0 Å². The van der Waals surface area contributed by atoms with Gasteiger partial charge in [-0.15, -0.1) is 23.5 Å². The maximum atomic E-state index is 12.7. The van der Waals surface area contributed by atoms with Crippen molar-refractivity contribution < 1.29 is 25.9 Å². The first-order chi connectivity index (χ1) is 23.9. The van der Waals surface area contributed by atoms with Crippen molar-refractivity contribution in [2.45, 2.75) is 61.1 Å². The minimum atomic E-state index is -4.95. The minimum Gasteiger partial charge on any atom is -0.355 e. The Hall–Kier alpha value is -3.91. The molecule has 1 aliphatic carbocycles. The van der Waals surface area contributed by atoms with E-state index in [9.17, 15) is 25.9 Å². The summed E-state index contributed by atoms with van der Waals surface area (Å²) in [6.07, 6.45) is 11.4. The van der Waals surface area contributed by atoms with E-state index in [1.165, 1.54) is 27.0 Å². The molecule has 12 heteroatoms. The highest BCUT2D eigenvalue weighted by Gasteiger charge is 2.25. The highest BCUT2D eigenvalue weighted by Crippen LogP contribution is 2.39. The molecular weight excluding hydrogens is 721 g/mol. The molecule has 0 saturated heterocycles. The predicted molar refractivity (Wildman–Crippen MR) is 212 cm³/mol. The van der Waals surface area contributed by atoms with Crippen molar-refractivity contribution in [1.29, 1.82) is 0 Å². The molecule has 1 aliphatic rings. The Bertz CT molecular complexity index is 2390. The third kappa shape index (κ3) is 8.11. The highest BCUT2D eigenvalue weighted by atomic mass is 32.2. The number of nitrogens with zero attached hydrogens (tertiary/aromatic N) is 1. The standard InChI is InChI=1S/C39H40N2O6S4/c1-22-19-24(3)38(48-7)26(5)36(22)40-30-13-9-28(10-14-30)35(33-18-17-32(50(42,43)44)21-34(33)51(45,46)47)29-11-15-31(16-12-29)41-37-23(2)20-25(4)39(49-8)27(37)6/h9-21,40H,1-8H3,(H,42,43,44)(H,45,46,47). The molecule has 8 nitrogen and oxygen atoms in total. The van der Waals surface area contributed by atoms with Crippen LogP contribution in [0.1, 0.15) is 44.5 Å². The summed E-state index contributed by atoms with van der Waals surface area (Å²) in [5.41, 5.74) is 11.8. The summed E-state index contributed by atoms with van der Waals surface area (Å²) in [4.78, 5) is 6.01. The molecule has 0 fully saturated rings. The van der Waals surface area contributed by atoms with Crippen LogP contribution in [-0.4, -0.2) is 44.2 Å². The normalized spacial score (nSPS) is 13.1. The summed E-state index contributed by atoms with van der Waals surface area (Å²) < 4.78 is 69.4. The molecule has 266 valence electrons. The predicted octanol–water partition coefficient (Wildman–Crippen LogP) is 9.92. The second kappa shape index (κ2) is 15.0. The minimum absolute atomic E-state index is 0.0555. The molecular formula is C39H40N2O6S4. The first-order valence-corrected chi connectivity index (χ1v) is 21.2. The fourth-order valence-corrected chi connectivity index (χ4v) is 9.45. The average molecular weight is 761 g/mol. The van der Waals surface area contributed by atoms with Gasteiger partial charge in [0.2, 0.25) is 0 Å². The molecule has 0 saturated carbocycles. The lowest BCUT2D eigenvalue weighted by atomic mass is 9.90. The molecule has 0 amide bonds. The largest absolute Gasteiger partial charge is 0.355 e. The van der Waals surface area contributed by atoms with Gasteiger partial charge in [-0.05, 0) is 141 Å². The first-order valence-electron chi connectivity index (χ1n) is 15.9. The Morgan fingerprint density at radius 2 is 1.24 bits per heavy atom. The molecule has 0 spiro atoms. The summed E-state index contributed by atoms with van der Waals surface area (Å²) in [5.74, 6) is 0. The number of benzene rings is 4. The maximum Gasteiger partial charge on any atom is 0.295 e. The molecule has 0 aromatic heterocycles. The van der Waals surface area contributed by atoms with Gasteiger partial charge >= 0.3 is 0 Å². The van der Waals surface area contributed by atoms with Gasteiger partial charge in [-0.3, -0.25) is 9.11 Å².